The Morgan fingerprint density at radius 2 is 1.66 bits per heavy atom. The predicted octanol–water partition coefficient (Wildman–Crippen LogP) is 3.61. The van der Waals surface area contributed by atoms with Gasteiger partial charge in [-0.25, -0.2) is 4.39 Å². The Morgan fingerprint density at radius 1 is 0.919 bits per heavy atom. The summed E-state index contributed by atoms with van der Waals surface area (Å²) in [5, 5.41) is 12.4. The monoisotopic (exact) mass is 843 g/mol. The van der Waals surface area contributed by atoms with Crippen LogP contribution in [0.1, 0.15) is 86.1 Å². The van der Waals surface area contributed by atoms with Crippen LogP contribution >= 0.6 is 0 Å². The van der Waals surface area contributed by atoms with Crippen molar-refractivity contribution in [2.24, 2.45) is 5.92 Å². The van der Waals surface area contributed by atoms with Gasteiger partial charge in [0, 0.05) is 75.2 Å². The minimum atomic E-state index is -1.10. The summed E-state index contributed by atoms with van der Waals surface area (Å²) in [5.41, 5.74) is 4.20. The van der Waals surface area contributed by atoms with Crippen molar-refractivity contribution in [3.63, 3.8) is 0 Å². The van der Waals surface area contributed by atoms with Crippen LogP contribution in [0.4, 0.5) is 21.6 Å². The van der Waals surface area contributed by atoms with E-state index >= 15 is 4.39 Å². The Bertz CT molecular complexity index is 2490. The molecule has 4 fully saturated rings. The number of benzene rings is 3. The Morgan fingerprint density at radius 3 is 2.35 bits per heavy atom. The van der Waals surface area contributed by atoms with Crippen LogP contribution in [0.3, 0.4) is 0 Å². The smallest absolute Gasteiger partial charge is 0.262 e. The predicted molar refractivity (Wildman–Crippen MR) is 223 cm³/mol. The van der Waals surface area contributed by atoms with Gasteiger partial charge in [0.2, 0.25) is 11.8 Å². The fourth-order valence-electron chi connectivity index (χ4n) is 10.2. The largest absolute Gasteiger partial charge is 0.372 e. The van der Waals surface area contributed by atoms with E-state index in [1.165, 1.54) is 13.2 Å². The van der Waals surface area contributed by atoms with E-state index in [0.717, 1.165) is 78.9 Å². The molecule has 0 radical (unpaired) electrons. The van der Waals surface area contributed by atoms with E-state index in [2.05, 4.69) is 30.6 Å². The van der Waals surface area contributed by atoms with Gasteiger partial charge in [-0.05, 0) is 73.6 Å². The number of ether oxygens (including phenoxy) is 1. The third-order valence-corrected chi connectivity index (χ3v) is 13.5. The third-order valence-electron chi connectivity index (χ3n) is 13.5. The van der Waals surface area contributed by atoms with Crippen molar-refractivity contribution in [3.8, 4) is 0 Å². The number of piperidine rings is 2. The number of halogens is 1. The fourth-order valence-corrected chi connectivity index (χ4v) is 10.2. The number of anilines is 3. The van der Waals surface area contributed by atoms with Crippen molar-refractivity contribution in [1.82, 2.24) is 30.2 Å². The highest BCUT2D eigenvalue weighted by molar-refractivity contribution is 6.23. The Balaban J connectivity index is 0.702. The van der Waals surface area contributed by atoms with Gasteiger partial charge in [-0.15, -0.1) is 0 Å². The number of hydrogen-bond acceptors (Lipinski definition) is 11. The summed E-state index contributed by atoms with van der Waals surface area (Å²) < 4.78 is 21.2. The van der Waals surface area contributed by atoms with Crippen LogP contribution in [0.5, 0.6) is 0 Å². The van der Waals surface area contributed by atoms with Crippen LogP contribution in [-0.4, -0.2) is 118 Å². The lowest BCUT2D eigenvalue weighted by Gasteiger charge is -2.40. The van der Waals surface area contributed by atoms with E-state index in [-0.39, 0.29) is 47.9 Å². The Labute approximate surface area is 356 Å². The molecule has 3 N–H and O–H groups in total. The van der Waals surface area contributed by atoms with Crippen LogP contribution < -0.4 is 20.4 Å². The van der Waals surface area contributed by atoms with E-state index in [1.807, 2.05) is 59.5 Å². The average Bonchev–Trinajstić information content (AvgIpc) is 4.11. The zero-order valence-corrected chi connectivity index (χ0v) is 34.1. The summed E-state index contributed by atoms with van der Waals surface area (Å²) in [6, 6.07) is 18.7. The number of imide groups is 2. The van der Waals surface area contributed by atoms with Crippen LogP contribution in [0, 0.1) is 11.7 Å². The summed E-state index contributed by atoms with van der Waals surface area (Å²) in [6.07, 6.45) is 2.24. The number of fused-ring (bicyclic) bond motifs is 4. The second-order valence-electron chi connectivity index (χ2n) is 17.1. The van der Waals surface area contributed by atoms with Gasteiger partial charge in [-0.3, -0.25) is 49.0 Å². The lowest BCUT2D eigenvalue weighted by atomic mass is 9.95. The number of rotatable bonds is 10. The maximum absolute atomic E-state index is 15.6. The van der Waals surface area contributed by atoms with Crippen molar-refractivity contribution in [1.29, 1.82) is 0 Å². The molecule has 4 atom stereocenters. The average molecular weight is 844 g/mol. The minimum Gasteiger partial charge on any atom is -0.372 e. The molecular weight excluding hydrogens is 798 g/mol. The maximum Gasteiger partial charge on any atom is 0.262 e. The molecule has 0 aliphatic carbocycles. The number of hydrogen-bond donors (Lipinski definition) is 3. The second kappa shape index (κ2) is 15.8. The van der Waals surface area contributed by atoms with Crippen molar-refractivity contribution < 1.29 is 37.9 Å². The molecule has 320 valence electrons. The summed E-state index contributed by atoms with van der Waals surface area (Å²) in [5.74, 6) is -2.62. The normalized spacial score (nSPS) is 23.0. The van der Waals surface area contributed by atoms with Crippen molar-refractivity contribution in [2.45, 2.75) is 69.4 Å². The molecular formula is C45H46FN9O7. The van der Waals surface area contributed by atoms with E-state index in [0.29, 0.717) is 42.6 Å². The number of piperazine rings is 1. The first-order valence-corrected chi connectivity index (χ1v) is 21.2. The first kappa shape index (κ1) is 39.7. The number of methoxy groups -OCH3 is 1. The molecule has 6 aliphatic heterocycles. The quantitative estimate of drug-likeness (QED) is 0.199. The molecule has 6 aliphatic rings. The van der Waals surface area contributed by atoms with E-state index in [9.17, 15) is 28.8 Å². The first-order valence-electron chi connectivity index (χ1n) is 21.2. The van der Waals surface area contributed by atoms with Gasteiger partial charge in [0.05, 0.1) is 35.6 Å². The van der Waals surface area contributed by atoms with E-state index in [1.54, 1.807) is 4.90 Å². The number of nitrogens with one attached hydrogen (secondary N) is 3. The lowest BCUT2D eigenvalue weighted by molar-refractivity contribution is -0.143. The second-order valence-corrected chi connectivity index (χ2v) is 17.1. The maximum atomic E-state index is 15.6. The fraction of sp³-hybridized carbons (Fsp3) is 0.400. The first-order chi connectivity index (χ1) is 30.0. The van der Waals surface area contributed by atoms with Gasteiger partial charge in [-0.1, -0.05) is 30.3 Å². The topological polar surface area (TPSA) is 181 Å². The summed E-state index contributed by atoms with van der Waals surface area (Å²) in [6.45, 7) is 4.76. The minimum absolute atomic E-state index is 0.0154. The number of amides is 6. The van der Waals surface area contributed by atoms with Gasteiger partial charge in [0.15, 0.2) is 11.9 Å². The van der Waals surface area contributed by atoms with Crippen LogP contribution in [0.2, 0.25) is 0 Å². The molecule has 0 saturated carbocycles. The van der Waals surface area contributed by atoms with E-state index < -0.39 is 41.6 Å². The zero-order valence-electron chi connectivity index (χ0n) is 34.1. The van der Waals surface area contributed by atoms with Gasteiger partial charge in [0.25, 0.3) is 23.6 Å². The molecule has 17 heteroatoms. The standard InChI is InChI=1S/C45H46FN9O7/c1-62-39(26-5-3-2-4-6-26)45(61)53-23-33-35(24-53)49-50-40(33)48-41(57)27-7-9-28(10-8-27)51-15-13-25(14-16-51)20-52-21-30-17-29(52)22-54(30)37-19-32-31(18-34(37)46)43(59)55(44(32)60)36-11-12-38(56)47-42(36)58/h2-10,18-19,25,29-30,36,39H,11-17,20-24H2,1H3,(H,47,56,58)(H2,48,49,50,57)/t29?,30?,36?,39-/m1/s1. The lowest BCUT2D eigenvalue weighted by Crippen LogP contribution is -2.54. The molecule has 0 spiro atoms. The number of carbonyl (C=O) groups is 6. The van der Waals surface area contributed by atoms with Gasteiger partial charge in [0.1, 0.15) is 11.9 Å². The Kier molecular flexibility index (Phi) is 10.1. The molecule has 6 amide bonds. The highest BCUT2D eigenvalue weighted by atomic mass is 19.1. The van der Waals surface area contributed by atoms with Gasteiger partial charge in [-0.2, -0.15) is 5.10 Å². The SMILES string of the molecule is CO[C@@H](C(=O)N1Cc2[nH]nc(NC(=O)c3ccc(N4CCC(CN5CC6CC5CN6c5cc6c(cc5F)C(=O)N(C5CCC(=O)NC5=O)C6=O)CC4)cc3)c2C1)c1ccccc1. The highest BCUT2D eigenvalue weighted by Gasteiger charge is 2.48. The van der Waals surface area contributed by atoms with Crippen molar-refractivity contribution >= 4 is 52.6 Å². The number of H-pyrrole nitrogens is 1. The van der Waals surface area contributed by atoms with Crippen LogP contribution in [-0.2, 0) is 32.2 Å². The third kappa shape index (κ3) is 6.98. The molecule has 16 nitrogen and oxygen atoms in total. The van der Waals surface area contributed by atoms with Crippen LogP contribution in [0.25, 0.3) is 0 Å². The molecule has 2 bridgehead atoms. The Hall–Kier alpha value is -6.46. The highest BCUT2D eigenvalue weighted by Crippen LogP contribution is 2.40. The molecule has 1 aromatic heterocycles. The number of aromatic nitrogens is 2. The van der Waals surface area contributed by atoms with Gasteiger partial charge >= 0.3 is 0 Å². The molecule has 4 saturated heterocycles. The zero-order chi connectivity index (χ0) is 42.8. The molecule has 7 heterocycles. The van der Waals surface area contributed by atoms with Crippen LogP contribution in [0.15, 0.2) is 66.7 Å². The molecule has 3 unspecified atom stereocenters. The summed E-state index contributed by atoms with van der Waals surface area (Å²) >= 11 is 0. The number of nitrogens with zero attached hydrogens (tertiary/aromatic N) is 6. The number of aromatic amines is 1. The van der Waals surface area contributed by atoms with Gasteiger partial charge < -0.3 is 24.8 Å². The molecule has 4 aromatic rings. The summed E-state index contributed by atoms with van der Waals surface area (Å²) in [7, 11) is 1.52. The van der Waals surface area contributed by atoms with Crippen molar-refractivity contribution in [2.75, 3.05) is 55.0 Å². The number of carbonyl (C=O) groups excluding carboxylic acids is 6. The molecule has 62 heavy (non-hydrogen) atoms. The summed E-state index contributed by atoms with van der Waals surface area (Å²) in [4.78, 5) is 86.9. The molecule has 10 rings (SSSR count). The van der Waals surface area contributed by atoms with Crippen molar-refractivity contribution in [3.05, 3.63) is 106 Å². The number of likely N-dealkylation sites (tertiary alicyclic amines) is 1. The van der Waals surface area contributed by atoms with E-state index in [4.69, 9.17) is 4.74 Å². The molecule has 3 aromatic carbocycles.